The van der Waals surface area contributed by atoms with E-state index in [-0.39, 0.29) is 11.7 Å². The van der Waals surface area contributed by atoms with Crippen molar-refractivity contribution >= 4 is 10.9 Å². The molecule has 1 N–H and O–H groups in total. The Morgan fingerprint density at radius 1 is 1.10 bits per heavy atom. The van der Waals surface area contributed by atoms with Gasteiger partial charge in [0.2, 0.25) is 0 Å². The standard InChI is InChI=1S/C23H27N3O3/c1-24-17-8-10-18(11-9-17)29-22-12-19-20(13-21(22)28-2)25-15-26(23(19)27)14-16-6-4-3-5-7-16/h3-7,12-13,15,17-18,24H,8-11,14H2,1-2H3/t17-,18-. The van der Waals surface area contributed by atoms with E-state index in [2.05, 4.69) is 10.3 Å². The minimum absolute atomic E-state index is 0.0785. The van der Waals surface area contributed by atoms with Crippen LogP contribution in [0.15, 0.2) is 53.6 Å². The number of aromatic nitrogens is 2. The molecule has 0 saturated heterocycles. The van der Waals surface area contributed by atoms with Crippen molar-refractivity contribution in [1.29, 1.82) is 0 Å². The Bertz CT molecular complexity index is 1020. The molecule has 1 heterocycles. The maximum absolute atomic E-state index is 13.1. The van der Waals surface area contributed by atoms with Gasteiger partial charge in [-0.25, -0.2) is 4.98 Å². The van der Waals surface area contributed by atoms with E-state index in [9.17, 15) is 4.79 Å². The van der Waals surface area contributed by atoms with Crippen LogP contribution in [0.2, 0.25) is 0 Å². The molecule has 152 valence electrons. The molecule has 1 aliphatic rings. The lowest BCUT2D eigenvalue weighted by Crippen LogP contribution is -2.34. The third-order valence-electron chi connectivity index (χ3n) is 5.68. The van der Waals surface area contributed by atoms with Gasteiger partial charge >= 0.3 is 0 Å². The van der Waals surface area contributed by atoms with Gasteiger partial charge in [-0.15, -0.1) is 0 Å². The second kappa shape index (κ2) is 8.66. The first-order valence-electron chi connectivity index (χ1n) is 10.1. The van der Waals surface area contributed by atoms with E-state index < -0.39 is 0 Å². The zero-order valence-electron chi connectivity index (χ0n) is 16.9. The smallest absolute Gasteiger partial charge is 0.261 e. The Labute approximate surface area is 170 Å². The second-order valence-electron chi connectivity index (χ2n) is 7.56. The van der Waals surface area contributed by atoms with Crippen LogP contribution in [-0.2, 0) is 6.54 Å². The summed E-state index contributed by atoms with van der Waals surface area (Å²) in [6.07, 6.45) is 5.87. The SMILES string of the molecule is CN[C@H]1CC[C@H](Oc2cc3c(=O)n(Cc4ccccc4)cnc3cc2OC)CC1. The van der Waals surface area contributed by atoms with Crippen molar-refractivity contribution < 1.29 is 9.47 Å². The average molecular weight is 393 g/mol. The number of hydrogen-bond donors (Lipinski definition) is 1. The normalized spacial score (nSPS) is 19.2. The highest BCUT2D eigenvalue weighted by atomic mass is 16.5. The number of benzene rings is 2. The molecule has 0 spiro atoms. The van der Waals surface area contributed by atoms with Gasteiger partial charge in [-0.05, 0) is 44.4 Å². The predicted molar refractivity (Wildman–Crippen MR) is 114 cm³/mol. The molecule has 29 heavy (non-hydrogen) atoms. The lowest BCUT2D eigenvalue weighted by molar-refractivity contribution is 0.137. The Morgan fingerprint density at radius 3 is 2.55 bits per heavy atom. The van der Waals surface area contributed by atoms with Crippen LogP contribution in [0.3, 0.4) is 0 Å². The number of methoxy groups -OCH3 is 1. The molecule has 1 fully saturated rings. The van der Waals surface area contributed by atoms with Crippen molar-refractivity contribution in [1.82, 2.24) is 14.9 Å². The molecule has 0 bridgehead atoms. The van der Waals surface area contributed by atoms with E-state index in [0.717, 1.165) is 31.2 Å². The van der Waals surface area contributed by atoms with Crippen LogP contribution in [-0.4, -0.2) is 35.9 Å². The first-order chi connectivity index (χ1) is 14.2. The Kier molecular flexibility index (Phi) is 5.81. The highest BCUT2D eigenvalue weighted by Crippen LogP contribution is 2.33. The van der Waals surface area contributed by atoms with Gasteiger partial charge in [-0.2, -0.15) is 0 Å². The molecular formula is C23H27N3O3. The van der Waals surface area contributed by atoms with Crippen LogP contribution < -0.4 is 20.3 Å². The summed E-state index contributed by atoms with van der Waals surface area (Å²) in [5.41, 5.74) is 1.59. The monoisotopic (exact) mass is 393 g/mol. The highest BCUT2D eigenvalue weighted by molar-refractivity contribution is 5.81. The van der Waals surface area contributed by atoms with Gasteiger partial charge in [-0.1, -0.05) is 30.3 Å². The topological polar surface area (TPSA) is 65.4 Å². The molecule has 1 saturated carbocycles. The van der Waals surface area contributed by atoms with Gasteiger partial charge in [0, 0.05) is 12.1 Å². The van der Waals surface area contributed by atoms with Crippen molar-refractivity contribution in [3.63, 3.8) is 0 Å². The van der Waals surface area contributed by atoms with Crippen molar-refractivity contribution in [3.8, 4) is 11.5 Å². The molecule has 2 aromatic carbocycles. The molecule has 0 amide bonds. The van der Waals surface area contributed by atoms with Crippen molar-refractivity contribution in [2.24, 2.45) is 0 Å². The minimum atomic E-state index is -0.0785. The van der Waals surface area contributed by atoms with Crippen LogP contribution in [0.25, 0.3) is 10.9 Å². The van der Waals surface area contributed by atoms with E-state index in [1.165, 1.54) is 0 Å². The quantitative estimate of drug-likeness (QED) is 0.696. The van der Waals surface area contributed by atoms with E-state index in [4.69, 9.17) is 9.47 Å². The maximum atomic E-state index is 13.1. The van der Waals surface area contributed by atoms with Gasteiger partial charge in [0.05, 0.1) is 37.0 Å². The lowest BCUT2D eigenvalue weighted by Gasteiger charge is -2.29. The summed E-state index contributed by atoms with van der Waals surface area (Å²) in [7, 11) is 3.62. The zero-order chi connectivity index (χ0) is 20.2. The largest absolute Gasteiger partial charge is 0.493 e. The summed E-state index contributed by atoms with van der Waals surface area (Å²) in [6, 6.07) is 14.0. The van der Waals surface area contributed by atoms with Crippen molar-refractivity contribution in [2.45, 2.75) is 44.4 Å². The molecule has 1 aliphatic carbocycles. The van der Waals surface area contributed by atoms with Crippen molar-refractivity contribution in [2.75, 3.05) is 14.2 Å². The van der Waals surface area contributed by atoms with Gasteiger partial charge in [0.1, 0.15) is 0 Å². The Morgan fingerprint density at radius 2 is 1.86 bits per heavy atom. The summed E-state index contributed by atoms with van der Waals surface area (Å²) in [4.78, 5) is 17.6. The fourth-order valence-corrected chi connectivity index (χ4v) is 3.96. The fraction of sp³-hybridized carbons (Fsp3) is 0.391. The third-order valence-corrected chi connectivity index (χ3v) is 5.68. The highest BCUT2D eigenvalue weighted by Gasteiger charge is 2.23. The van der Waals surface area contributed by atoms with Crippen LogP contribution in [0.5, 0.6) is 11.5 Å². The molecule has 0 atom stereocenters. The fourth-order valence-electron chi connectivity index (χ4n) is 3.96. The van der Waals surface area contributed by atoms with Gasteiger partial charge in [0.25, 0.3) is 5.56 Å². The number of fused-ring (bicyclic) bond motifs is 1. The van der Waals surface area contributed by atoms with E-state index >= 15 is 0 Å². The van der Waals surface area contributed by atoms with Gasteiger partial charge in [-0.3, -0.25) is 9.36 Å². The van der Waals surface area contributed by atoms with Crippen LogP contribution in [0, 0.1) is 0 Å². The molecule has 0 radical (unpaired) electrons. The number of nitrogens with one attached hydrogen (secondary N) is 1. The first kappa shape index (κ1) is 19.5. The molecule has 6 nitrogen and oxygen atoms in total. The van der Waals surface area contributed by atoms with Crippen LogP contribution in [0.4, 0.5) is 0 Å². The summed E-state index contributed by atoms with van der Waals surface area (Å²) >= 11 is 0. The number of hydrogen-bond acceptors (Lipinski definition) is 5. The molecule has 1 aromatic heterocycles. The Hall–Kier alpha value is -2.86. The number of ether oxygens (including phenoxy) is 2. The van der Waals surface area contributed by atoms with Crippen molar-refractivity contribution in [3.05, 3.63) is 64.7 Å². The Balaban J connectivity index is 1.64. The molecule has 0 unspecified atom stereocenters. The molecule has 6 heteroatoms. The summed E-state index contributed by atoms with van der Waals surface area (Å²) in [6.45, 7) is 0.485. The lowest BCUT2D eigenvalue weighted by atomic mass is 9.93. The number of nitrogens with zero attached hydrogens (tertiary/aromatic N) is 2. The summed E-state index contributed by atoms with van der Waals surface area (Å²) in [5.74, 6) is 1.23. The second-order valence-corrected chi connectivity index (χ2v) is 7.56. The average Bonchev–Trinajstić information content (AvgIpc) is 2.77. The van der Waals surface area contributed by atoms with E-state index in [1.807, 2.05) is 37.4 Å². The predicted octanol–water partition coefficient (Wildman–Crippen LogP) is 3.36. The van der Waals surface area contributed by atoms with E-state index in [1.54, 1.807) is 30.1 Å². The molecule has 0 aliphatic heterocycles. The first-order valence-corrected chi connectivity index (χ1v) is 10.1. The zero-order valence-corrected chi connectivity index (χ0v) is 16.9. The minimum Gasteiger partial charge on any atom is -0.493 e. The van der Waals surface area contributed by atoms with Crippen LogP contribution >= 0.6 is 0 Å². The summed E-state index contributed by atoms with van der Waals surface area (Å²) in [5, 5.41) is 3.88. The molecule has 3 aromatic rings. The summed E-state index contributed by atoms with van der Waals surface area (Å²) < 4.78 is 13.4. The molecular weight excluding hydrogens is 366 g/mol. The van der Waals surface area contributed by atoms with Crippen LogP contribution in [0.1, 0.15) is 31.2 Å². The van der Waals surface area contributed by atoms with E-state index in [0.29, 0.717) is 35.0 Å². The number of rotatable bonds is 6. The van der Waals surface area contributed by atoms with Gasteiger partial charge < -0.3 is 14.8 Å². The van der Waals surface area contributed by atoms with Gasteiger partial charge in [0.15, 0.2) is 11.5 Å². The molecule has 4 rings (SSSR count). The maximum Gasteiger partial charge on any atom is 0.261 e. The third kappa shape index (κ3) is 4.27.